The molecule has 1 aromatic carbocycles. The molecule has 6 atom stereocenters. The summed E-state index contributed by atoms with van der Waals surface area (Å²) in [6, 6.07) is 9.65. The molecule has 0 radical (unpaired) electrons. The molecule has 31 heavy (non-hydrogen) atoms. The average Bonchev–Trinajstić information content (AvgIpc) is 2.96. The van der Waals surface area contributed by atoms with Crippen LogP contribution in [0.4, 0.5) is 0 Å². The summed E-state index contributed by atoms with van der Waals surface area (Å²) in [6.07, 6.45) is 9.75. The van der Waals surface area contributed by atoms with Crippen LogP contribution in [0.3, 0.4) is 0 Å². The summed E-state index contributed by atoms with van der Waals surface area (Å²) >= 11 is 0. The van der Waals surface area contributed by atoms with E-state index in [1.165, 1.54) is 11.1 Å². The Morgan fingerprint density at radius 2 is 1.94 bits per heavy atom. The van der Waals surface area contributed by atoms with Crippen molar-refractivity contribution in [1.29, 1.82) is 0 Å². The third kappa shape index (κ3) is 2.78. The zero-order valence-electron chi connectivity index (χ0n) is 19.0. The van der Waals surface area contributed by atoms with Gasteiger partial charge in [-0.3, -0.25) is 4.79 Å². The summed E-state index contributed by atoms with van der Waals surface area (Å²) in [5.41, 5.74) is 1.47. The minimum atomic E-state index is -1.07. The first-order valence-electron chi connectivity index (χ1n) is 11.8. The number of carbonyl (C=O) groups is 1. The Morgan fingerprint density at radius 1 is 1.19 bits per heavy atom. The maximum absolute atomic E-state index is 12.2. The number of fused-ring (bicyclic) bond motifs is 5. The van der Waals surface area contributed by atoms with Crippen LogP contribution >= 0.6 is 0 Å². The molecule has 164 valence electrons. The van der Waals surface area contributed by atoms with Crippen LogP contribution < -0.4 is 4.74 Å². The van der Waals surface area contributed by atoms with Gasteiger partial charge in [0.25, 0.3) is 0 Å². The number of ketones is 1. The van der Waals surface area contributed by atoms with E-state index in [0.29, 0.717) is 24.0 Å². The zero-order chi connectivity index (χ0) is 22.0. The highest BCUT2D eigenvalue weighted by Gasteiger charge is 2.66. The van der Waals surface area contributed by atoms with Crippen molar-refractivity contribution in [3.8, 4) is 5.75 Å². The molecule has 2 fully saturated rings. The van der Waals surface area contributed by atoms with E-state index in [1.807, 2.05) is 36.4 Å². The molecule has 0 heterocycles. The van der Waals surface area contributed by atoms with Crippen molar-refractivity contribution in [2.45, 2.75) is 64.9 Å². The van der Waals surface area contributed by atoms with E-state index in [1.54, 1.807) is 0 Å². The van der Waals surface area contributed by atoms with Gasteiger partial charge in [-0.2, -0.15) is 0 Å². The van der Waals surface area contributed by atoms with Gasteiger partial charge in [0, 0.05) is 17.3 Å². The lowest BCUT2D eigenvalue weighted by molar-refractivity contribution is -0.115. The topological polar surface area (TPSA) is 46.5 Å². The Balaban J connectivity index is 1.51. The van der Waals surface area contributed by atoms with E-state index < -0.39 is 5.60 Å². The number of hydrogen-bond donors (Lipinski definition) is 1. The van der Waals surface area contributed by atoms with Gasteiger partial charge in [-0.05, 0) is 68.1 Å². The largest absolute Gasteiger partial charge is 0.459 e. The van der Waals surface area contributed by atoms with Crippen LogP contribution in [0.25, 0.3) is 0 Å². The SMILES string of the molecule is C=C(Oc1ccccc1)[C@@]1(O)C(C)C[C@H]2[C@@H]3CCC4=CC(=O)CC[C@]4(C)C3=CC[C@@]21C. The quantitative estimate of drug-likeness (QED) is 0.483. The number of ether oxygens (including phenoxy) is 1. The van der Waals surface area contributed by atoms with Crippen molar-refractivity contribution in [2.24, 2.45) is 28.6 Å². The van der Waals surface area contributed by atoms with Crippen LogP contribution in [0.2, 0.25) is 0 Å². The lowest BCUT2D eigenvalue weighted by atomic mass is 9.50. The van der Waals surface area contributed by atoms with Crippen LogP contribution in [0, 0.1) is 28.6 Å². The number of benzene rings is 1. The second-order valence-corrected chi connectivity index (χ2v) is 10.7. The standard InChI is InChI=1S/C28H34O3/c1-18-16-25-23-11-10-20-17-21(29)12-14-26(20,3)24(23)13-15-27(25,4)28(18,30)19(2)31-22-8-6-5-7-9-22/h5-9,13,17-18,23,25,30H,2,10-12,14-16H2,1,3-4H3/t18?,23-,25+,26+,27+,28+/m1/s1. The summed E-state index contributed by atoms with van der Waals surface area (Å²) in [4.78, 5) is 12.1. The fourth-order valence-electron chi connectivity index (χ4n) is 7.50. The summed E-state index contributed by atoms with van der Waals surface area (Å²) in [5.74, 6) is 2.39. The number of rotatable bonds is 3. The van der Waals surface area contributed by atoms with Gasteiger partial charge >= 0.3 is 0 Å². The Labute approximate surface area is 185 Å². The second-order valence-electron chi connectivity index (χ2n) is 10.7. The number of para-hydroxylation sites is 1. The van der Waals surface area contributed by atoms with Crippen LogP contribution in [0.15, 0.2) is 66.0 Å². The van der Waals surface area contributed by atoms with Gasteiger partial charge in [-0.25, -0.2) is 0 Å². The minimum Gasteiger partial charge on any atom is -0.459 e. The van der Waals surface area contributed by atoms with Crippen molar-refractivity contribution >= 4 is 5.78 Å². The van der Waals surface area contributed by atoms with E-state index in [0.717, 1.165) is 37.9 Å². The van der Waals surface area contributed by atoms with Crippen molar-refractivity contribution < 1.29 is 14.6 Å². The Morgan fingerprint density at radius 3 is 2.68 bits per heavy atom. The summed E-state index contributed by atoms with van der Waals surface area (Å²) < 4.78 is 6.13. The van der Waals surface area contributed by atoms with Gasteiger partial charge in [0.1, 0.15) is 17.1 Å². The van der Waals surface area contributed by atoms with Crippen molar-refractivity contribution in [3.63, 3.8) is 0 Å². The fourth-order valence-corrected chi connectivity index (χ4v) is 7.50. The molecule has 0 amide bonds. The zero-order valence-corrected chi connectivity index (χ0v) is 19.0. The molecular formula is C28H34O3. The van der Waals surface area contributed by atoms with E-state index in [4.69, 9.17) is 4.74 Å². The molecule has 5 rings (SSSR count). The summed E-state index contributed by atoms with van der Waals surface area (Å²) in [7, 11) is 0. The molecule has 0 bridgehead atoms. The van der Waals surface area contributed by atoms with Crippen molar-refractivity contribution in [3.05, 3.63) is 66.0 Å². The molecule has 1 N–H and O–H groups in total. The third-order valence-electron chi connectivity index (χ3n) is 9.33. The van der Waals surface area contributed by atoms with E-state index >= 15 is 0 Å². The van der Waals surface area contributed by atoms with E-state index in [9.17, 15) is 9.90 Å². The van der Waals surface area contributed by atoms with Gasteiger partial charge < -0.3 is 9.84 Å². The van der Waals surface area contributed by atoms with Crippen molar-refractivity contribution in [2.75, 3.05) is 0 Å². The van der Waals surface area contributed by atoms with Crippen LogP contribution in [0.1, 0.15) is 59.3 Å². The van der Waals surface area contributed by atoms with Crippen LogP contribution in [-0.4, -0.2) is 16.5 Å². The molecule has 3 nitrogen and oxygen atoms in total. The molecular weight excluding hydrogens is 384 g/mol. The molecule has 4 aliphatic rings. The highest BCUT2D eigenvalue weighted by atomic mass is 16.5. The van der Waals surface area contributed by atoms with Gasteiger partial charge in [-0.1, -0.05) is 62.8 Å². The first kappa shape index (κ1) is 20.8. The molecule has 0 aliphatic heterocycles. The van der Waals surface area contributed by atoms with Gasteiger partial charge in [0.2, 0.25) is 0 Å². The predicted octanol–water partition coefficient (Wildman–Crippen LogP) is 6.01. The number of carbonyl (C=O) groups excluding carboxylic acids is 1. The second kappa shape index (κ2) is 6.93. The Bertz CT molecular complexity index is 989. The van der Waals surface area contributed by atoms with E-state index in [2.05, 4.69) is 33.4 Å². The molecule has 0 spiro atoms. The first-order valence-corrected chi connectivity index (χ1v) is 11.8. The molecule has 0 aromatic heterocycles. The first-order chi connectivity index (χ1) is 14.7. The molecule has 1 aromatic rings. The predicted molar refractivity (Wildman–Crippen MR) is 122 cm³/mol. The lowest BCUT2D eigenvalue weighted by Gasteiger charge is -2.55. The smallest absolute Gasteiger partial charge is 0.155 e. The molecule has 3 heteroatoms. The average molecular weight is 419 g/mol. The maximum Gasteiger partial charge on any atom is 0.155 e. The molecule has 4 aliphatic carbocycles. The Hall–Kier alpha value is -2.13. The molecule has 2 saturated carbocycles. The van der Waals surface area contributed by atoms with Crippen LogP contribution in [0.5, 0.6) is 5.75 Å². The Kier molecular flexibility index (Phi) is 4.64. The van der Waals surface area contributed by atoms with Gasteiger partial charge in [-0.15, -0.1) is 0 Å². The van der Waals surface area contributed by atoms with E-state index in [-0.39, 0.29) is 22.5 Å². The van der Waals surface area contributed by atoms with Crippen molar-refractivity contribution in [1.82, 2.24) is 0 Å². The van der Waals surface area contributed by atoms with Crippen LogP contribution in [-0.2, 0) is 4.79 Å². The fraction of sp³-hybridized carbons (Fsp3) is 0.536. The lowest BCUT2D eigenvalue weighted by Crippen LogP contribution is -2.54. The monoisotopic (exact) mass is 418 g/mol. The number of hydrogen-bond acceptors (Lipinski definition) is 3. The molecule has 0 saturated heterocycles. The third-order valence-corrected chi connectivity index (χ3v) is 9.33. The highest BCUT2D eigenvalue weighted by molar-refractivity contribution is 5.92. The molecule has 1 unspecified atom stereocenters. The summed E-state index contributed by atoms with van der Waals surface area (Å²) in [5, 5.41) is 12.2. The minimum absolute atomic E-state index is 0.0135. The normalized spacial score (nSPS) is 41.4. The van der Waals surface area contributed by atoms with Gasteiger partial charge in [0.05, 0.1) is 0 Å². The van der Waals surface area contributed by atoms with Gasteiger partial charge in [0.15, 0.2) is 5.78 Å². The number of allylic oxidation sites excluding steroid dienone is 4. The maximum atomic E-state index is 12.2. The summed E-state index contributed by atoms with van der Waals surface area (Å²) in [6.45, 7) is 11.0. The highest BCUT2D eigenvalue weighted by Crippen LogP contribution is 2.67. The number of aliphatic hydroxyl groups is 1.